The van der Waals surface area contributed by atoms with Crippen molar-refractivity contribution in [2.45, 2.75) is 6.61 Å². The number of rotatable bonds is 4. The molecule has 0 saturated heterocycles. The predicted molar refractivity (Wildman–Crippen MR) is 83.7 cm³/mol. The molecule has 0 radical (unpaired) electrons. The zero-order chi connectivity index (χ0) is 15.5. The minimum Gasteiger partial charge on any atom is -0.487 e. The molecule has 5 nitrogen and oxygen atoms in total. The Kier molecular flexibility index (Phi) is 3.60. The molecule has 23 heavy (non-hydrogen) atoms. The molecule has 0 N–H and O–H groups in total. The summed E-state index contributed by atoms with van der Waals surface area (Å²) in [5, 5.41) is 4.04. The molecule has 1 aromatic heterocycles. The van der Waals surface area contributed by atoms with E-state index >= 15 is 0 Å². The molecule has 0 fully saturated rings. The lowest BCUT2D eigenvalue weighted by molar-refractivity contribution is 0.170. The van der Waals surface area contributed by atoms with Crippen molar-refractivity contribution in [3.8, 4) is 28.6 Å². The van der Waals surface area contributed by atoms with Crippen molar-refractivity contribution in [1.29, 1.82) is 0 Å². The van der Waals surface area contributed by atoms with Gasteiger partial charge in [0.1, 0.15) is 31.3 Å². The van der Waals surface area contributed by atoms with E-state index in [1.165, 1.54) is 0 Å². The van der Waals surface area contributed by atoms with Crippen LogP contribution in [-0.2, 0) is 6.61 Å². The summed E-state index contributed by atoms with van der Waals surface area (Å²) >= 11 is 0. The molecule has 0 unspecified atom stereocenters. The van der Waals surface area contributed by atoms with Gasteiger partial charge in [-0.05, 0) is 12.1 Å². The second-order valence-corrected chi connectivity index (χ2v) is 5.14. The maximum Gasteiger partial charge on any atom is 0.167 e. The lowest BCUT2D eigenvalue weighted by Crippen LogP contribution is -2.15. The molecule has 5 heteroatoms. The molecule has 0 aliphatic carbocycles. The van der Waals surface area contributed by atoms with Gasteiger partial charge in [-0.1, -0.05) is 35.5 Å². The molecule has 0 saturated carbocycles. The van der Waals surface area contributed by atoms with Crippen LogP contribution in [0.5, 0.6) is 17.2 Å². The molecule has 4 rings (SSSR count). The SMILES string of the molecule is c1ccc(-c2cc(COc3ccc4c(c3)OCCO4)no2)cc1. The number of hydrogen-bond donors (Lipinski definition) is 0. The van der Waals surface area contributed by atoms with Crippen molar-refractivity contribution in [2.75, 3.05) is 13.2 Å². The minimum absolute atomic E-state index is 0.329. The van der Waals surface area contributed by atoms with Gasteiger partial charge in [-0.2, -0.15) is 0 Å². The van der Waals surface area contributed by atoms with Crippen LogP contribution in [0, 0.1) is 0 Å². The Balaban J connectivity index is 1.44. The first-order chi connectivity index (χ1) is 11.4. The minimum atomic E-state index is 0.329. The number of hydrogen-bond acceptors (Lipinski definition) is 5. The van der Waals surface area contributed by atoms with Gasteiger partial charge in [0, 0.05) is 17.7 Å². The highest BCUT2D eigenvalue weighted by Crippen LogP contribution is 2.33. The molecule has 0 atom stereocenters. The molecule has 0 amide bonds. The molecule has 3 aromatic rings. The fraction of sp³-hybridized carbons (Fsp3) is 0.167. The highest BCUT2D eigenvalue weighted by Gasteiger charge is 2.13. The summed E-state index contributed by atoms with van der Waals surface area (Å²) in [7, 11) is 0. The average Bonchev–Trinajstić information content (AvgIpc) is 3.10. The van der Waals surface area contributed by atoms with Crippen LogP contribution >= 0.6 is 0 Å². The number of benzene rings is 2. The molecular formula is C18H15NO4. The largest absolute Gasteiger partial charge is 0.487 e. The maximum atomic E-state index is 5.75. The number of nitrogens with zero attached hydrogens (tertiary/aromatic N) is 1. The monoisotopic (exact) mass is 309 g/mol. The predicted octanol–water partition coefficient (Wildman–Crippen LogP) is 3.69. The lowest BCUT2D eigenvalue weighted by Gasteiger charge is -2.18. The van der Waals surface area contributed by atoms with Crippen molar-refractivity contribution >= 4 is 0 Å². The number of ether oxygens (including phenoxy) is 3. The van der Waals surface area contributed by atoms with Gasteiger partial charge in [0.05, 0.1) is 0 Å². The summed E-state index contributed by atoms with van der Waals surface area (Å²) < 4.78 is 22.1. The van der Waals surface area contributed by atoms with Crippen LogP contribution in [0.4, 0.5) is 0 Å². The molecule has 1 aliphatic rings. The van der Waals surface area contributed by atoms with E-state index in [1.54, 1.807) is 0 Å². The second kappa shape index (κ2) is 6.04. The zero-order valence-electron chi connectivity index (χ0n) is 12.4. The van der Waals surface area contributed by atoms with Crippen molar-refractivity contribution in [3.05, 3.63) is 60.3 Å². The van der Waals surface area contributed by atoms with E-state index in [9.17, 15) is 0 Å². The smallest absolute Gasteiger partial charge is 0.167 e. The molecule has 0 spiro atoms. The average molecular weight is 309 g/mol. The van der Waals surface area contributed by atoms with E-state index in [4.69, 9.17) is 18.7 Å². The van der Waals surface area contributed by atoms with Crippen LogP contribution in [-0.4, -0.2) is 18.4 Å². The highest BCUT2D eigenvalue weighted by molar-refractivity contribution is 5.56. The van der Waals surface area contributed by atoms with E-state index in [0.29, 0.717) is 31.3 Å². The highest BCUT2D eigenvalue weighted by atomic mass is 16.6. The van der Waals surface area contributed by atoms with Crippen LogP contribution in [0.2, 0.25) is 0 Å². The molecule has 1 aliphatic heterocycles. The number of aromatic nitrogens is 1. The maximum absolute atomic E-state index is 5.75. The van der Waals surface area contributed by atoms with Gasteiger partial charge in [0.2, 0.25) is 0 Å². The summed E-state index contributed by atoms with van der Waals surface area (Å²) in [6.45, 7) is 1.46. The fourth-order valence-corrected chi connectivity index (χ4v) is 2.39. The first kappa shape index (κ1) is 13.7. The van der Waals surface area contributed by atoms with Crippen LogP contribution in [0.25, 0.3) is 11.3 Å². The summed E-state index contributed by atoms with van der Waals surface area (Å²) in [5.41, 5.74) is 1.73. The van der Waals surface area contributed by atoms with Gasteiger partial charge < -0.3 is 18.7 Å². The number of fused-ring (bicyclic) bond motifs is 1. The van der Waals surface area contributed by atoms with Crippen molar-refractivity contribution in [3.63, 3.8) is 0 Å². The van der Waals surface area contributed by atoms with E-state index in [2.05, 4.69) is 5.16 Å². The standard InChI is InChI=1S/C18H15NO4/c1-2-4-13(5-3-1)17-10-14(19-23-17)12-22-15-6-7-16-18(11-15)21-9-8-20-16/h1-7,10-11H,8-9,12H2. The molecule has 0 bridgehead atoms. The first-order valence-corrected chi connectivity index (χ1v) is 7.42. The zero-order valence-corrected chi connectivity index (χ0v) is 12.4. The van der Waals surface area contributed by atoms with E-state index in [1.807, 2.05) is 54.6 Å². The second-order valence-electron chi connectivity index (χ2n) is 5.14. The Bertz CT molecular complexity index is 798. The van der Waals surface area contributed by atoms with Gasteiger partial charge >= 0.3 is 0 Å². The third kappa shape index (κ3) is 2.99. The van der Waals surface area contributed by atoms with Gasteiger partial charge in [-0.25, -0.2) is 0 Å². The molecule has 2 aromatic carbocycles. The summed E-state index contributed by atoms with van der Waals surface area (Å²) in [6.07, 6.45) is 0. The molecule has 116 valence electrons. The van der Waals surface area contributed by atoms with Gasteiger partial charge in [0.25, 0.3) is 0 Å². The van der Waals surface area contributed by atoms with Crippen molar-refractivity contribution < 1.29 is 18.7 Å². The van der Waals surface area contributed by atoms with Crippen LogP contribution in [0.1, 0.15) is 5.69 Å². The van der Waals surface area contributed by atoms with Crippen LogP contribution in [0.3, 0.4) is 0 Å². The quantitative estimate of drug-likeness (QED) is 0.735. The Morgan fingerprint density at radius 3 is 2.61 bits per heavy atom. The third-order valence-electron chi connectivity index (χ3n) is 3.52. The van der Waals surface area contributed by atoms with Gasteiger partial charge in [-0.3, -0.25) is 0 Å². The van der Waals surface area contributed by atoms with Crippen molar-refractivity contribution in [2.24, 2.45) is 0 Å². The Morgan fingerprint density at radius 2 is 1.74 bits per heavy atom. The summed E-state index contributed by atoms with van der Waals surface area (Å²) in [6, 6.07) is 17.3. The Hall–Kier alpha value is -2.95. The van der Waals surface area contributed by atoms with Crippen LogP contribution < -0.4 is 14.2 Å². The molecule has 2 heterocycles. The topological polar surface area (TPSA) is 53.7 Å². The third-order valence-corrected chi connectivity index (χ3v) is 3.52. The van der Waals surface area contributed by atoms with E-state index < -0.39 is 0 Å². The first-order valence-electron chi connectivity index (χ1n) is 7.42. The van der Waals surface area contributed by atoms with E-state index in [0.717, 1.165) is 22.8 Å². The van der Waals surface area contributed by atoms with E-state index in [-0.39, 0.29) is 0 Å². The Labute approximate surface area is 133 Å². The normalized spacial score (nSPS) is 12.9. The van der Waals surface area contributed by atoms with Crippen LogP contribution in [0.15, 0.2) is 59.1 Å². The molecular weight excluding hydrogens is 294 g/mol. The van der Waals surface area contributed by atoms with Crippen molar-refractivity contribution in [1.82, 2.24) is 5.16 Å². The van der Waals surface area contributed by atoms with Gasteiger partial charge in [0.15, 0.2) is 17.3 Å². The Morgan fingerprint density at radius 1 is 0.913 bits per heavy atom. The fourth-order valence-electron chi connectivity index (χ4n) is 2.39. The lowest BCUT2D eigenvalue weighted by atomic mass is 10.2. The van der Waals surface area contributed by atoms with Gasteiger partial charge in [-0.15, -0.1) is 0 Å². The summed E-state index contributed by atoms with van der Waals surface area (Å²) in [5.74, 6) is 2.89. The summed E-state index contributed by atoms with van der Waals surface area (Å²) in [4.78, 5) is 0.